The van der Waals surface area contributed by atoms with Gasteiger partial charge in [0.15, 0.2) is 0 Å². The largest absolute Gasteiger partial charge is 0.508 e. The summed E-state index contributed by atoms with van der Waals surface area (Å²) in [7, 11) is 0. The molecule has 0 atom stereocenters. The number of nitrogens with one attached hydrogen (secondary N) is 1. The molecule has 1 amide bonds. The molecule has 2 rings (SSSR count). The fourth-order valence-corrected chi connectivity index (χ4v) is 1.89. The van der Waals surface area contributed by atoms with Gasteiger partial charge in [-0.3, -0.25) is 4.79 Å². The minimum atomic E-state index is -0.309. The number of rotatable bonds is 3. The van der Waals surface area contributed by atoms with E-state index in [1.165, 1.54) is 18.2 Å². The Hall–Kier alpha value is -2.01. The number of nitrogens with two attached hydrogens (primary N) is 1. The third-order valence-electron chi connectivity index (χ3n) is 2.65. The Morgan fingerprint density at radius 1 is 1.21 bits per heavy atom. The fraction of sp³-hybridized carbons (Fsp3) is 0.0714. The van der Waals surface area contributed by atoms with Gasteiger partial charge < -0.3 is 16.2 Å². The Bertz CT molecular complexity index is 597. The molecule has 0 heterocycles. The molecule has 5 heteroatoms. The number of halogens is 1. The second kappa shape index (κ2) is 5.75. The van der Waals surface area contributed by atoms with Gasteiger partial charge >= 0.3 is 0 Å². The maximum absolute atomic E-state index is 11.9. The van der Waals surface area contributed by atoms with E-state index in [9.17, 15) is 9.90 Å². The van der Waals surface area contributed by atoms with E-state index in [4.69, 9.17) is 5.73 Å². The van der Waals surface area contributed by atoms with Crippen LogP contribution in [-0.4, -0.2) is 11.0 Å². The van der Waals surface area contributed by atoms with Gasteiger partial charge in [-0.25, -0.2) is 0 Å². The van der Waals surface area contributed by atoms with Gasteiger partial charge in [0.05, 0.1) is 5.56 Å². The molecule has 0 aliphatic heterocycles. The molecule has 0 saturated heterocycles. The third kappa shape index (κ3) is 3.48. The normalized spacial score (nSPS) is 10.2. The highest BCUT2D eigenvalue weighted by atomic mass is 79.9. The van der Waals surface area contributed by atoms with Crippen molar-refractivity contribution < 1.29 is 9.90 Å². The van der Waals surface area contributed by atoms with Crippen molar-refractivity contribution in [1.82, 2.24) is 5.32 Å². The number of phenolic OH excluding ortho intramolecular Hbond substituents is 1. The molecule has 0 aromatic heterocycles. The summed E-state index contributed by atoms with van der Waals surface area (Å²) in [5.74, 6) is -0.292. The highest BCUT2D eigenvalue weighted by Gasteiger charge is 2.10. The van der Waals surface area contributed by atoms with Crippen LogP contribution in [0.3, 0.4) is 0 Å². The minimum absolute atomic E-state index is 0.0167. The highest BCUT2D eigenvalue weighted by Crippen LogP contribution is 2.18. The van der Waals surface area contributed by atoms with Crippen molar-refractivity contribution >= 4 is 27.5 Å². The van der Waals surface area contributed by atoms with Crippen LogP contribution in [0.15, 0.2) is 46.9 Å². The Morgan fingerprint density at radius 2 is 1.89 bits per heavy atom. The lowest BCUT2D eigenvalue weighted by atomic mass is 10.1. The second-order valence-corrected chi connectivity index (χ2v) is 5.00. The lowest BCUT2D eigenvalue weighted by Gasteiger charge is -2.08. The van der Waals surface area contributed by atoms with Crippen molar-refractivity contribution in [2.75, 3.05) is 5.73 Å². The van der Waals surface area contributed by atoms with E-state index in [1.807, 2.05) is 24.3 Å². The summed E-state index contributed by atoms with van der Waals surface area (Å²) >= 11 is 3.35. The van der Waals surface area contributed by atoms with Crippen molar-refractivity contribution in [3.05, 3.63) is 58.1 Å². The number of nitrogen functional groups attached to an aromatic ring is 1. The van der Waals surface area contributed by atoms with Crippen molar-refractivity contribution in [1.29, 1.82) is 0 Å². The molecular weight excluding hydrogens is 308 g/mol. The highest BCUT2D eigenvalue weighted by molar-refractivity contribution is 9.10. The van der Waals surface area contributed by atoms with Gasteiger partial charge in [0.2, 0.25) is 0 Å². The second-order valence-electron chi connectivity index (χ2n) is 4.08. The zero-order valence-corrected chi connectivity index (χ0v) is 11.6. The Labute approximate surface area is 119 Å². The number of anilines is 1. The summed E-state index contributed by atoms with van der Waals surface area (Å²) in [6, 6.07) is 11.9. The van der Waals surface area contributed by atoms with Gasteiger partial charge in [-0.15, -0.1) is 0 Å². The lowest BCUT2D eigenvalue weighted by Crippen LogP contribution is -2.23. The van der Waals surface area contributed by atoms with Crippen LogP contribution in [0.2, 0.25) is 0 Å². The minimum Gasteiger partial charge on any atom is -0.508 e. The predicted molar refractivity (Wildman–Crippen MR) is 77.8 cm³/mol. The number of phenols is 1. The summed E-state index contributed by atoms with van der Waals surface area (Å²) < 4.78 is 0.986. The summed E-state index contributed by atoms with van der Waals surface area (Å²) in [4.78, 5) is 11.9. The van der Waals surface area contributed by atoms with Gasteiger partial charge in [-0.05, 0) is 35.9 Å². The molecule has 2 aromatic carbocycles. The molecule has 0 fully saturated rings. The quantitative estimate of drug-likeness (QED) is 0.601. The Morgan fingerprint density at radius 3 is 2.58 bits per heavy atom. The molecule has 0 radical (unpaired) electrons. The molecule has 4 nitrogen and oxygen atoms in total. The van der Waals surface area contributed by atoms with Crippen LogP contribution in [-0.2, 0) is 6.54 Å². The van der Waals surface area contributed by atoms with E-state index in [0.717, 1.165) is 10.0 Å². The van der Waals surface area contributed by atoms with Crippen LogP contribution in [0.5, 0.6) is 5.75 Å². The monoisotopic (exact) mass is 320 g/mol. The zero-order valence-electron chi connectivity index (χ0n) is 10.1. The summed E-state index contributed by atoms with van der Waals surface area (Å²) in [5, 5.41) is 12.1. The summed E-state index contributed by atoms with van der Waals surface area (Å²) in [5.41, 5.74) is 7.30. The molecule has 0 aliphatic carbocycles. The summed E-state index contributed by atoms with van der Waals surface area (Å²) in [6.45, 7) is 0.404. The number of carbonyl (C=O) groups excluding carboxylic acids is 1. The van der Waals surface area contributed by atoms with E-state index in [1.54, 1.807) is 0 Å². The molecule has 0 saturated carbocycles. The first-order valence-corrected chi connectivity index (χ1v) is 6.46. The SMILES string of the molecule is Nc1ccc(O)cc1C(=O)NCc1ccc(Br)cc1. The maximum Gasteiger partial charge on any atom is 0.253 e. The first kappa shape index (κ1) is 13.4. The maximum atomic E-state index is 11.9. The lowest BCUT2D eigenvalue weighted by molar-refractivity contribution is 0.0951. The average Bonchev–Trinajstić information content (AvgIpc) is 2.40. The van der Waals surface area contributed by atoms with E-state index in [0.29, 0.717) is 12.2 Å². The first-order valence-electron chi connectivity index (χ1n) is 5.67. The van der Waals surface area contributed by atoms with Crippen LogP contribution in [0.4, 0.5) is 5.69 Å². The Balaban J connectivity index is 2.05. The van der Waals surface area contributed by atoms with Crippen LogP contribution in [0, 0.1) is 0 Å². The van der Waals surface area contributed by atoms with Crippen molar-refractivity contribution in [2.45, 2.75) is 6.54 Å². The number of amides is 1. The molecular formula is C14H13BrN2O2. The molecule has 2 aromatic rings. The van der Waals surface area contributed by atoms with E-state index in [-0.39, 0.29) is 17.2 Å². The number of benzene rings is 2. The molecule has 4 N–H and O–H groups in total. The predicted octanol–water partition coefficient (Wildman–Crippen LogP) is 2.67. The van der Waals surface area contributed by atoms with Gasteiger partial charge in [0.25, 0.3) is 5.91 Å². The Kier molecular flexibility index (Phi) is 4.06. The van der Waals surface area contributed by atoms with Crippen LogP contribution in [0.1, 0.15) is 15.9 Å². The van der Waals surface area contributed by atoms with Crippen LogP contribution < -0.4 is 11.1 Å². The number of aromatic hydroxyl groups is 1. The molecule has 0 unspecified atom stereocenters. The van der Waals surface area contributed by atoms with Gasteiger partial charge in [-0.2, -0.15) is 0 Å². The van der Waals surface area contributed by atoms with Gasteiger partial charge in [-0.1, -0.05) is 28.1 Å². The zero-order chi connectivity index (χ0) is 13.8. The van der Waals surface area contributed by atoms with Crippen LogP contribution >= 0.6 is 15.9 Å². The van der Waals surface area contributed by atoms with E-state index < -0.39 is 0 Å². The van der Waals surface area contributed by atoms with Crippen molar-refractivity contribution in [3.63, 3.8) is 0 Å². The fourth-order valence-electron chi connectivity index (χ4n) is 1.62. The van der Waals surface area contributed by atoms with E-state index >= 15 is 0 Å². The van der Waals surface area contributed by atoms with Crippen LogP contribution in [0.25, 0.3) is 0 Å². The van der Waals surface area contributed by atoms with Gasteiger partial charge in [0, 0.05) is 16.7 Å². The topological polar surface area (TPSA) is 75.3 Å². The third-order valence-corrected chi connectivity index (χ3v) is 3.18. The number of carbonyl (C=O) groups is 1. The molecule has 0 bridgehead atoms. The molecule has 19 heavy (non-hydrogen) atoms. The molecule has 98 valence electrons. The standard InChI is InChI=1S/C14H13BrN2O2/c15-10-3-1-9(2-4-10)8-17-14(19)12-7-11(18)5-6-13(12)16/h1-7,18H,8,16H2,(H,17,19). The van der Waals surface area contributed by atoms with Crippen molar-refractivity contribution in [3.8, 4) is 5.75 Å². The first-order chi connectivity index (χ1) is 9.06. The number of hydrogen-bond acceptors (Lipinski definition) is 3. The van der Waals surface area contributed by atoms with E-state index in [2.05, 4.69) is 21.2 Å². The smallest absolute Gasteiger partial charge is 0.253 e. The van der Waals surface area contributed by atoms with Crippen molar-refractivity contribution in [2.24, 2.45) is 0 Å². The molecule has 0 aliphatic rings. The number of hydrogen-bond donors (Lipinski definition) is 3. The summed E-state index contributed by atoms with van der Waals surface area (Å²) in [6.07, 6.45) is 0. The average molecular weight is 321 g/mol. The molecule has 0 spiro atoms. The van der Waals surface area contributed by atoms with Gasteiger partial charge in [0.1, 0.15) is 5.75 Å².